The third-order valence-electron chi connectivity index (χ3n) is 2.29. The summed E-state index contributed by atoms with van der Waals surface area (Å²) < 4.78 is 0. The highest BCUT2D eigenvalue weighted by molar-refractivity contribution is 6.32. The van der Waals surface area contributed by atoms with Gasteiger partial charge in [0.15, 0.2) is 0 Å². The highest BCUT2D eigenvalue weighted by Crippen LogP contribution is 2.32. The molecule has 0 amide bonds. The van der Waals surface area contributed by atoms with Crippen LogP contribution in [0.15, 0.2) is 6.07 Å². The average Bonchev–Trinajstić information content (AvgIpc) is 2.15. The Hall–Kier alpha value is -0.770. The molecule has 0 aliphatic heterocycles. The number of hydrogen-bond donors (Lipinski definition) is 2. The van der Waals surface area contributed by atoms with Gasteiger partial charge in [0.1, 0.15) is 5.75 Å². The SMILES string of the molecule is CONCc1c(C)c(C)cc(Cl)c1O. The van der Waals surface area contributed by atoms with Crippen molar-refractivity contribution in [2.24, 2.45) is 0 Å². The first kappa shape index (κ1) is 11.3. The van der Waals surface area contributed by atoms with Crippen molar-refractivity contribution in [3.05, 3.63) is 27.8 Å². The van der Waals surface area contributed by atoms with E-state index in [-0.39, 0.29) is 5.75 Å². The maximum absolute atomic E-state index is 9.70. The molecular weight excluding hydrogens is 202 g/mol. The molecule has 0 unspecified atom stereocenters. The van der Waals surface area contributed by atoms with E-state index < -0.39 is 0 Å². The fourth-order valence-electron chi connectivity index (χ4n) is 1.29. The second-order valence-corrected chi connectivity index (χ2v) is 3.56. The Bertz CT molecular complexity index is 313. The number of aryl methyl sites for hydroxylation is 1. The molecule has 0 aliphatic carbocycles. The van der Waals surface area contributed by atoms with E-state index in [1.807, 2.05) is 13.8 Å². The van der Waals surface area contributed by atoms with Gasteiger partial charge in [0.2, 0.25) is 0 Å². The lowest BCUT2D eigenvalue weighted by atomic mass is 10.0. The van der Waals surface area contributed by atoms with E-state index in [1.165, 1.54) is 7.11 Å². The van der Waals surface area contributed by atoms with Crippen molar-refractivity contribution >= 4 is 11.6 Å². The zero-order valence-corrected chi connectivity index (χ0v) is 9.27. The number of phenolic OH excluding ortho intramolecular Hbond substituents is 1. The number of phenols is 1. The van der Waals surface area contributed by atoms with Crippen molar-refractivity contribution in [2.45, 2.75) is 20.4 Å². The minimum absolute atomic E-state index is 0.124. The van der Waals surface area contributed by atoms with Gasteiger partial charge < -0.3 is 9.94 Å². The molecule has 2 N–H and O–H groups in total. The lowest BCUT2D eigenvalue weighted by Crippen LogP contribution is -2.12. The maximum atomic E-state index is 9.70. The molecule has 78 valence electrons. The third-order valence-corrected chi connectivity index (χ3v) is 2.58. The molecule has 1 rings (SSSR count). The fraction of sp³-hybridized carbons (Fsp3) is 0.400. The molecule has 1 aromatic carbocycles. The predicted octanol–water partition coefficient (Wildman–Crippen LogP) is 2.31. The standard InChI is InChI=1S/C10H14ClNO2/c1-6-4-9(11)10(13)8(7(6)2)5-12-14-3/h4,12-13H,5H2,1-3H3. The van der Waals surface area contributed by atoms with Crippen LogP contribution in [0.4, 0.5) is 0 Å². The van der Waals surface area contributed by atoms with Crippen LogP contribution in [-0.2, 0) is 11.4 Å². The summed E-state index contributed by atoms with van der Waals surface area (Å²) in [5.74, 6) is 0.124. The molecule has 0 radical (unpaired) electrons. The van der Waals surface area contributed by atoms with Crippen LogP contribution in [-0.4, -0.2) is 12.2 Å². The topological polar surface area (TPSA) is 41.5 Å². The van der Waals surface area contributed by atoms with Crippen LogP contribution in [0.25, 0.3) is 0 Å². The molecule has 14 heavy (non-hydrogen) atoms. The largest absolute Gasteiger partial charge is 0.506 e. The Labute approximate surface area is 88.6 Å². The Morgan fingerprint density at radius 1 is 1.50 bits per heavy atom. The van der Waals surface area contributed by atoms with Gasteiger partial charge in [-0.1, -0.05) is 11.6 Å². The second kappa shape index (κ2) is 4.64. The maximum Gasteiger partial charge on any atom is 0.139 e. The number of rotatable bonds is 3. The van der Waals surface area contributed by atoms with Crippen molar-refractivity contribution < 1.29 is 9.94 Å². The Kier molecular flexibility index (Phi) is 3.75. The number of halogens is 1. The first-order valence-corrected chi connectivity index (χ1v) is 4.69. The summed E-state index contributed by atoms with van der Waals surface area (Å²) in [6.07, 6.45) is 0. The Balaban J connectivity index is 3.11. The highest BCUT2D eigenvalue weighted by Gasteiger charge is 2.11. The first-order chi connectivity index (χ1) is 6.57. The smallest absolute Gasteiger partial charge is 0.139 e. The van der Waals surface area contributed by atoms with E-state index in [1.54, 1.807) is 6.07 Å². The monoisotopic (exact) mass is 215 g/mol. The number of nitrogens with one attached hydrogen (secondary N) is 1. The molecule has 4 heteroatoms. The number of aromatic hydroxyl groups is 1. The summed E-state index contributed by atoms with van der Waals surface area (Å²) in [6.45, 7) is 4.34. The molecule has 0 atom stereocenters. The zero-order valence-electron chi connectivity index (χ0n) is 8.52. The van der Waals surface area contributed by atoms with Crippen LogP contribution < -0.4 is 5.48 Å². The number of benzene rings is 1. The van der Waals surface area contributed by atoms with Gasteiger partial charge in [0.25, 0.3) is 0 Å². The first-order valence-electron chi connectivity index (χ1n) is 4.31. The van der Waals surface area contributed by atoms with Crippen LogP contribution >= 0.6 is 11.6 Å². The van der Waals surface area contributed by atoms with Gasteiger partial charge in [-0.2, -0.15) is 5.48 Å². The van der Waals surface area contributed by atoms with E-state index >= 15 is 0 Å². The van der Waals surface area contributed by atoms with Gasteiger partial charge >= 0.3 is 0 Å². The Morgan fingerprint density at radius 2 is 2.14 bits per heavy atom. The second-order valence-electron chi connectivity index (χ2n) is 3.15. The summed E-state index contributed by atoms with van der Waals surface area (Å²) in [6, 6.07) is 1.75. The Morgan fingerprint density at radius 3 is 2.71 bits per heavy atom. The fourth-order valence-corrected chi connectivity index (χ4v) is 1.56. The van der Waals surface area contributed by atoms with E-state index in [2.05, 4.69) is 5.48 Å². The van der Waals surface area contributed by atoms with Gasteiger partial charge in [-0.25, -0.2) is 0 Å². The highest BCUT2D eigenvalue weighted by atomic mass is 35.5. The van der Waals surface area contributed by atoms with Gasteiger partial charge in [-0.15, -0.1) is 0 Å². The molecule has 1 aromatic rings. The number of hydrogen-bond acceptors (Lipinski definition) is 3. The van der Waals surface area contributed by atoms with Crippen molar-refractivity contribution in [3.8, 4) is 5.75 Å². The molecule has 0 aliphatic rings. The van der Waals surface area contributed by atoms with Crippen LogP contribution in [0, 0.1) is 13.8 Å². The van der Waals surface area contributed by atoms with Crippen LogP contribution in [0.5, 0.6) is 5.75 Å². The van der Waals surface area contributed by atoms with Gasteiger partial charge in [-0.05, 0) is 31.0 Å². The molecule has 0 saturated heterocycles. The summed E-state index contributed by atoms with van der Waals surface area (Å²) >= 11 is 5.85. The summed E-state index contributed by atoms with van der Waals surface area (Å²) in [5.41, 5.74) is 5.54. The average molecular weight is 216 g/mol. The van der Waals surface area contributed by atoms with Gasteiger partial charge in [-0.3, -0.25) is 0 Å². The van der Waals surface area contributed by atoms with Crippen LogP contribution in [0.1, 0.15) is 16.7 Å². The third kappa shape index (κ3) is 2.18. The van der Waals surface area contributed by atoms with E-state index in [9.17, 15) is 5.11 Å². The van der Waals surface area contributed by atoms with Crippen molar-refractivity contribution in [2.75, 3.05) is 7.11 Å². The van der Waals surface area contributed by atoms with Crippen molar-refractivity contribution in [1.82, 2.24) is 5.48 Å². The molecule has 0 bridgehead atoms. The molecule has 0 aromatic heterocycles. The van der Waals surface area contributed by atoms with Crippen molar-refractivity contribution in [3.63, 3.8) is 0 Å². The summed E-state index contributed by atoms with van der Waals surface area (Å²) in [5, 5.41) is 10.1. The van der Waals surface area contributed by atoms with Gasteiger partial charge in [0, 0.05) is 12.1 Å². The minimum atomic E-state index is 0.124. The van der Waals surface area contributed by atoms with E-state index in [0.29, 0.717) is 11.6 Å². The molecular formula is C10H14ClNO2. The van der Waals surface area contributed by atoms with Crippen LogP contribution in [0.3, 0.4) is 0 Å². The van der Waals surface area contributed by atoms with E-state index in [4.69, 9.17) is 16.4 Å². The summed E-state index contributed by atoms with van der Waals surface area (Å²) in [7, 11) is 1.53. The molecule has 0 spiro atoms. The molecule has 0 fully saturated rings. The molecule has 0 heterocycles. The lowest BCUT2D eigenvalue weighted by Gasteiger charge is -2.12. The molecule has 0 saturated carbocycles. The number of hydroxylamine groups is 1. The zero-order chi connectivity index (χ0) is 10.7. The summed E-state index contributed by atoms with van der Waals surface area (Å²) in [4.78, 5) is 4.73. The minimum Gasteiger partial charge on any atom is -0.506 e. The lowest BCUT2D eigenvalue weighted by molar-refractivity contribution is 0.0860. The van der Waals surface area contributed by atoms with Gasteiger partial charge in [0.05, 0.1) is 12.1 Å². The predicted molar refractivity (Wildman–Crippen MR) is 56.4 cm³/mol. The van der Waals surface area contributed by atoms with Crippen LogP contribution in [0.2, 0.25) is 5.02 Å². The quantitative estimate of drug-likeness (QED) is 0.761. The van der Waals surface area contributed by atoms with E-state index in [0.717, 1.165) is 16.7 Å². The van der Waals surface area contributed by atoms with Crippen molar-refractivity contribution in [1.29, 1.82) is 0 Å². The normalized spacial score (nSPS) is 10.6. The molecule has 3 nitrogen and oxygen atoms in total.